The van der Waals surface area contributed by atoms with Crippen LogP contribution in [0, 0.1) is 0 Å². The first-order valence-electron chi connectivity index (χ1n) is 5.09. The number of hydrogen-bond acceptors (Lipinski definition) is 3. The topological polar surface area (TPSA) is 45.1 Å². The van der Waals surface area contributed by atoms with Gasteiger partial charge in [-0.15, -0.1) is 0 Å². The molecule has 0 amide bonds. The van der Waals surface area contributed by atoms with E-state index in [4.69, 9.17) is 11.6 Å². The van der Waals surface area contributed by atoms with Crippen LogP contribution in [0.2, 0.25) is 5.15 Å². The Balaban J connectivity index is 2.16. The molecule has 0 saturated heterocycles. The van der Waals surface area contributed by atoms with Crippen LogP contribution in [0.5, 0.6) is 5.75 Å². The van der Waals surface area contributed by atoms with E-state index >= 15 is 0 Å². The van der Waals surface area contributed by atoms with Gasteiger partial charge in [0.05, 0.1) is 10.2 Å². The first-order chi connectivity index (χ1) is 8.58. The van der Waals surface area contributed by atoms with Gasteiger partial charge in [0.1, 0.15) is 5.75 Å². The molecule has 0 fully saturated rings. The summed E-state index contributed by atoms with van der Waals surface area (Å²) < 4.78 is 1.51. The van der Waals surface area contributed by atoms with Crippen LogP contribution in [0.3, 0.4) is 0 Å². The Labute approximate surface area is 126 Å². The standard InChI is InChI=1S/C12H9Br2ClN2O/c13-8-4-10(12(15)17-6-8)16-5-7-2-1-3-9(14)11(7)18/h1-4,6,16,18H,5H2. The molecule has 0 aliphatic rings. The Morgan fingerprint density at radius 3 is 2.89 bits per heavy atom. The van der Waals surface area contributed by atoms with Crippen molar-refractivity contribution in [3.8, 4) is 5.75 Å². The molecule has 1 aromatic carbocycles. The van der Waals surface area contributed by atoms with Crippen molar-refractivity contribution in [2.75, 3.05) is 5.32 Å². The summed E-state index contributed by atoms with van der Waals surface area (Å²) in [4.78, 5) is 4.02. The maximum absolute atomic E-state index is 9.85. The second-order valence-electron chi connectivity index (χ2n) is 3.59. The number of benzene rings is 1. The Morgan fingerprint density at radius 2 is 2.11 bits per heavy atom. The third-order valence-corrected chi connectivity index (χ3v) is 3.72. The van der Waals surface area contributed by atoms with Crippen molar-refractivity contribution in [1.82, 2.24) is 4.98 Å². The fourth-order valence-electron chi connectivity index (χ4n) is 1.44. The van der Waals surface area contributed by atoms with Gasteiger partial charge in [-0.05, 0) is 44.0 Å². The summed E-state index contributed by atoms with van der Waals surface area (Å²) in [6, 6.07) is 7.32. The number of phenols is 1. The van der Waals surface area contributed by atoms with E-state index in [2.05, 4.69) is 42.2 Å². The van der Waals surface area contributed by atoms with Gasteiger partial charge in [-0.2, -0.15) is 0 Å². The zero-order valence-corrected chi connectivity index (χ0v) is 13.1. The molecule has 1 aromatic heterocycles. The normalized spacial score (nSPS) is 10.4. The molecule has 18 heavy (non-hydrogen) atoms. The lowest BCUT2D eigenvalue weighted by Gasteiger charge is -2.10. The molecule has 94 valence electrons. The highest BCUT2D eigenvalue weighted by molar-refractivity contribution is 9.10. The molecular formula is C12H9Br2ClN2O. The molecule has 2 aromatic rings. The first-order valence-corrected chi connectivity index (χ1v) is 7.05. The molecule has 6 heteroatoms. The number of hydrogen-bond donors (Lipinski definition) is 2. The number of aromatic nitrogens is 1. The fourth-order valence-corrected chi connectivity index (χ4v) is 2.35. The largest absolute Gasteiger partial charge is 0.506 e. The van der Waals surface area contributed by atoms with Crippen molar-refractivity contribution >= 4 is 49.1 Å². The van der Waals surface area contributed by atoms with Crippen LogP contribution < -0.4 is 5.32 Å². The molecule has 1 heterocycles. The molecule has 0 bridgehead atoms. The van der Waals surface area contributed by atoms with Gasteiger partial charge < -0.3 is 10.4 Å². The fraction of sp³-hybridized carbons (Fsp3) is 0.0833. The number of nitrogens with one attached hydrogen (secondary N) is 1. The summed E-state index contributed by atoms with van der Waals surface area (Å²) in [6.45, 7) is 0.461. The van der Waals surface area contributed by atoms with Gasteiger partial charge in [-0.3, -0.25) is 0 Å². The number of halogens is 3. The lowest BCUT2D eigenvalue weighted by atomic mass is 10.2. The minimum Gasteiger partial charge on any atom is -0.506 e. The van der Waals surface area contributed by atoms with E-state index in [0.29, 0.717) is 21.9 Å². The van der Waals surface area contributed by atoms with Crippen molar-refractivity contribution in [3.05, 3.63) is 50.1 Å². The number of para-hydroxylation sites is 1. The van der Waals surface area contributed by atoms with E-state index in [1.54, 1.807) is 12.3 Å². The molecule has 0 spiro atoms. The van der Waals surface area contributed by atoms with Gasteiger partial charge in [0, 0.05) is 22.8 Å². The SMILES string of the molecule is Oc1c(Br)cccc1CNc1cc(Br)cnc1Cl. The van der Waals surface area contributed by atoms with Crippen molar-refractivity contribution in [1.29, 1.82) is 0 Å². The predicted octanol–water partition coefficient (Wildman–Crippen LogP) is 4.58. The highest BCUT2D eigenvalue weighted by Gasteiger charge is 2.06. The monoisotopic (exact) mass is 390 g/mol. The third kappa shape index (κ3) is 3.16. The van der Waals surface area contributed by atoms with Gasteiger partial charge >= 0.3 is 0 Å². The van der Waals surface area contributed by atoms with Crippen molar-refractivity contribution in [3.63, 3.8) is 0 Å². The Bertz CT molecular complexity index is 576. The van der Waals surface area contributed by atoms with Gasteiger partial charge in [-0.1, -0.05) is 23.7 Å². The van der Waals surface area contributed by atoms with E-state index in [1.807, 2.05) is 18.2 Å². The quantitative estimate of drug-likeness (QED) is 0.752. The molecular weight excluding hydrogens is 383 g/mol. The minimum atomic E-state index is 0.226. The summed E-state index contributed by atoms with van der Waals surface area (Å²) >= 11 is 12.6. The summed E-state index contributed by atoms with van der Waals surface area (Å²) in [5, 5.41) is 13.4. The van der Waals surface area contributed by atoms with Gasteiger partial charge in [-0.25, -0.2) is 4.98 Å². The molecule has 2 rings (SSSR count). The lowest BCUT2D eigenvalue weighted by molar-refractivity contribution is 0.465. The molecule has 0 saturated carbocycles. The summed E-state index contributed by atoms with van der Waals surface area (Å²) in [6.07, 6.45) is 1.63. The highest BCUT2D eigenvalue weighted by atomic mass is 79.9. The van der Waals surface area contributed by atoms with E-state index in [0.717, 1.165) is 10.0 Å². The number of rotatable bonds is 3. The molecule has 0 aliphatic heterocycles. The van der Waals surface area contributed by atoms with Crippen LogP contribution in [-0.4, -0.2) is 10.1 Å². The molecule has 3 nitrogen and oxygen atoms in total. The van der Waals surface area contributed by atoms with Crippen LogP contribution in [0.4, 0.5) is 5.69 Å². The number of phenolic OH excluding ortho intramolecular Hbond substituents is 1. The van der Waals surface area contributed by atoms with Crippen LogP contribution in [0.15, 0.2) is 39.4 Å². The Morgan fingerprint density at radius 1 is 1.33 bits per heavy atom. The molecule has 0 aliphatic carbocycles. The van der Waals surface area contributed by atoms with Crippen LogP contribution >= 0.6 is 43.5 Å². The third-order valence-electron chi connectivity index (χ3n) is 2.35. The average Bonchev–Trinajstić information content (AvgIpc) is 2.35. The molecule has 0 unspecified atom stereocenters. The molecule has 0 atom stereocenters. The second-order valence-corrected chi connectivity index (χ2v) is 5.72. The zero-order chi connectivity index (χ0) is 13.1. The summed E-state index contributed by atoms with van der Waals surface area (Å²) in [5.41, 5.74) is 1.49. The van der Waals surface area contributed by atoms with Crippen LogP contribution in [-0.2, 0) is 6.54 Å². The number of pyridine rings is 1. The van der Waals surface area contributed by atoms with E-state index in [1.165, 1.54) is 0 Å². The van der Waals surface area contributed by atoms with Crippen molar-refractivity contribution in [2.45, 2.75) is 6.54 Å². The maximum atomic E-state index is 9.85. The zero-order valence-electron chi connectivity index (χ0n) is 9.12. The smallest absolute Gasteiger partial charge is 0.152 e. The van der Waals surface area contributed by atoms with Crippen molar-refractivity contribution in [2.24, 2.45) is 0 Å². The minimum absolute atomic E-state index is 0.226. The van der Waals surface area contributed by atoms with Crippen LogP contribution in [0.25, 0.3) is 0 Å². The van der Waals surface area contributed by atoms with Gasteiger partial charge in [0.2, 0.25) is 0 Å². The highest BCUT2D eigenvalue weighted by Crippen LogP contribution is 2.29. The first kappa shape index (κ1) is 13.6. The molecule has 2 N–H and O–H groups in total. The second kappa shape index (κ2) is 5.91. The van der Waals surface area contributed by atoms with Gasteiger partial charge in [0.15, 0.2) is 5.15 Å². The summed E-state index contributed by atoms with van der Waals surface area (Å²) in [5.74, 6) is 0.226. The van der Waals surface area contributed by atoms with Crippen LogP contribution in [0.1, 0.15) is 5.56 Å². The van der Waals surface area contributed by atoms with Crippen molar-refractivity contribution < 1.29 is 5.11 Å². The predicted molar refractivity (Wildman–Crippen MR) is 80.1 cm³/mol. The van der Waals surface area contributed by atoms with E-state index in [9.17, 15) is 5.11 Å². The average molecular weight is 392 g/mol. The Kier molecular flexibility index (Phi) is 4.48. The van der Waals surface area contributed by atoms with E-state index in [-0.39, 0.29) is 5.75 Å². The van der Waals surface area contributed by atoms with E-state index < -0.39 is 0 Å². The number of aromatic hydroxyl groups is 1. The van der Waals surface area contributed by atoms with Gasteiger partial charge in [0.25, 0.3) is 0 Å². The summed E-state index contributed by atoms with van der Waals surface area (Å²) in [7, 11) is 0. The lowest BCUT2D eigenvalue weighted by Crippen LogP contribution is -2.01. The number of nitrogens with zero attached hydrogens (tertiary/aromatic N) is 1. The number of anilines is 1. The Hall–Kier alpha value is -0.780. The molecule has 0 radical (unpaired) electrons. The maximum Gasteiger partial charge on any atom is 0.152 e.